The summed E-state index contributed by atoms with van der Waals surface area (Å²) >= 11 is 0. The number of nitrogens with zero attached hydrogens (tertiary/aromatic N) is 2. The fourth-order valence-corrected chi connectivity index (χ4v) is 4.76. The number of halogens is 2. The quantitative estimate of drug-likeness (QED) is 0.337. The molecule has 2 aromatic carbocycles. The van der Waals surface area contributed by atoms with E-state index in [4.69, 9.17) is 9.72 Å². The second kappa shape index (κ2) is 11.0. The van der Waals surface area contributed by atoms with Crippen molar-refractivity contribution in [2.45, 2.75) is 44.8 Å². The zero-order valence-electron chi connectivity index (χ0n) is 20.5. The smallest absolute Gasteiger partial charge is 0.252 e. The van der Waals surface area contributed by atoms with Gasteiger partial charge in [-0.05, 0) is 50.5 Å². The molecule has 0 spiro atoms. The maximum absolute atomic E-state index is 13.9. The van der Waals surface area contributed by atoms with Gasteiger partial charge in [0.25, 0.3) is 5.91 Å². The molecule has 8 heteroatoms. The van der Waals surface area contributed by atoms with Crippen LogP contribution in [-0.2, 0) is 6.54 Å². The number of hydrogen-bond acceptors (Lipinski definition) is 5. The molecule has 190 valence electrons. The summed E-state index contributed by atoms with van der Waals surface area (Å²) in [4.78, 5) is 22.5. The van der Waals surface area contributed by atoms with Crippen LogP contribution >= 0.6 is 0 Å². The van der Waals surface area contributed by atoms with Crippen molar-refractivity contribution in [3.05, 3.63) is 89.6 Å². The highest BCUT2D eigenvalue weighted by Gasteiger charge is 2.27. The van der Waals surface area contributed by atoms with Crippen LogP contribution in [0.2, 0.25) is 0 Å². The van der Waals surface area contributed by atoms with Crippen LogP contribution in [0.3, 0.4) is 0 Å². The van der Waals surface area contributed by atoms with E-state index in [0.717, 1.165) is 41.8 Å². The van der Waals surface area contributed by atoms with E-state index in [2.05, 4.69) is 15.6 Å². The average molecular weight is 503 g/mol. The first kappa shape index (κ1) is 24.8. The van der Waals surface area contributed by atoms with E-state index < -0.39 is 11.6 Å². The third kappa shape index (κ3) is 5.75. The molecule has 1 aliphatic carbocycles. The molecular weight excluding hydrogens is 474 g/mol. The van der Waals surface area contributed by atoms with Crippen LogP contribution in [0.15, 0.2) is 66.9 Å². The van der Waals surface area contributed by atoms with Gasteiger partial charge in [0.2, 0.25) is 5.88 Å². The summed E-state index contributed by atoms with van der Waals surface area (Å²) in [6.45, 7) is 2.75. The van der Waals surface area contributed by atoms with Gasteiger partial charge in [0.1, 0.15) is 11.6 Å². The number of para-hydroxylation sites is 1. The molecule has 2 atom stereocenters. The summed E-state index contributed by atoms with van der Waals surface area (Å²) in [6, 6.07) is 16.8. The molecule has 0 radical (unpaired) electrons. The van der Waals surface area contributed by atoms with Crippen LogP contribution < -0.4 is 15.4 Å². The van der Waals surface area contributed by atoms with Gasteiger partial charge in [-0.15, -0.1) is 0 Å². The number of benzene rings is 2. The molecule has 0 saturated heterocycles. The lowest BCUT2D eigenvalue weighted by Gasteiger charge is -2.16. The molecule has 2 N–H and O–H groups in total. The maximum Gasteiger partial charge on any atom is 0.252 e. The number of aromatic nitrogens is 2. The number of fused-ring (bicyclic) bond motifs is 1. The Bertz CT molecular complexity index is 1410. The summed E-state index contributed by atoms with van der Waals surface area (Å²) in [7, 11) is 0. The third-order valence-corrected chi connectivity index (χ3v) is 6.65. The Morgan fingerprint density at radius 1 is 1.05 bits per heavy atom. The predicted octanol–water partition coefficient (Wildman–Crippen LogP) is 5.41. The Morgan fingerprint density at radius 3 is 2.68 bits per heavy atom. The van der Waals surface area contributed by atoms with Gasteiger partial charge in [0.15, 0.2) is 0 Å². The predicted molar refractivity (Wildman–Crippen MR) is 138 cm³/mol. The molecule has 4 aromatic rings. The first-order valence-corrected chi connectivity index (χ1v) is 12.5. The molecule has 0 unspecified atom stereocenters. The molecular formula is C29H28F2N4O2. The molecule has 0 aliphatic heterocycles. The van der Waals surface area contributed by atoms with E-state index >= 15 is 0 Å². The van der Waals surface area contributed by atoms with Gasteiger partial charge in [-0.2, -0.15) is 0 Å². The second-order valence-electron chi connectivity index (χ2n) is 9.19. The largest absolute Gasteiger partial charge is 0.478 e. The van der Waals surface area contributed by atoms with Gasteiger partial charge in [-0.25, -0.2) is 18.7 Å². The number of pyridine rings is 2. The number of carbonyl (C=O) groups excluding carboxylic acids is 1. The maximum atomic E-state index is 13.9. The number of nitrogens with one attached hydrogen (secondary N) is 2. The molecule has 1 amide bonds. The van der Waals surface area contributed by atoms with E-state index in [0.29, 0.717) is 35.9 Å². The Hall–Kier alpha value is -3.91. The van der Waals surface area contributed by atoms with E-state index in [1.54, 1.807) is 18.3 Å². The lowest BCUT2D eigenvalue weighted by molar-refractivity contribution is 0.0939. The number of hydrogen-bond donors (Lipinski definition) is 2. The number of rotatable bonds is 8. The minimum absolute atomic E-state index is 0.00872. The van der Waals surface area contributed by atoms with Gasteiger partial charge in [0.05, 0.1) is 23.4 Å². The average Bonchev–Trinajstić information content (AvgIpc) is 3.35. The molecule has 1 aliphatic rings. The third-order valence-electron chi connectivity index (χ3n) is 6.65. The summed E-state index contributed by atoms with van der Waals surface area (Å²) in [5, 5.41) is 7.29. The van der Waals surface area contributed by atoms with Gasteiger partial charge in [-0.3, -0.25) is 4.79 Å². The van der Waals surface area contributed by atoms with Crippen molar-refractivity contribution in [2.75, 3.05) is 6.61 Å². The van der Waals surface area contributed by atoms with E-state index in [1.165, 1.54) is 12.1 Å². The highest BCUT2D eigenvalue weighted by molar-refractivity contribution is 6.07. The molecule has 5 rings (SSSR count). The van der Waals surface area contributed by atoms with Gasteiger partial charge < -0.3 is 15.4 Å². The standard InChI is InChI=1S/C29H28F2N4O2/c1-2-37-28-12-8-19(17-33-28)27-15-24(23-5-3-4-6-26(23)35-27)29(36)34-22-11-10-21(14-22)32-16-18-7-9-20(30)13-25(18)31/h3-9,12-13,15,17,21-22,32H,2,10-11,14,16H2,1H3,(H,34,36)/t21-,22+/m0/s1. The van der Waals surface area contributed by atoms with Crippen LogP contribution in [0.5, 0.6) is 5.88 Å². The lowest BCUT2D eigenvalue weighted by atomic mass is 10.0. The second-order valence-corrected chi connectivity index (χ2v) is 9.19. The summed E-state index contributed by atoms with van der Waals surface area (Å²) < 4.78 is 32.5. The Labute approximate surface area is 214 Å². The van der Waals surface area contributed by atoms with Gasteiger partial charge in [0, 0.05) is 53.5 Å². The van der Waals surface area contributed by atoms with E-state index in [-0.39, 0.29) is 18.0 Å². The van der Waals surface area contributed by atoms with Crippen molar-refractivity contribution in [3.63, 3.8) is 0 Å². The SMILES string of the molecule is CCOc1ccc(-c2cc(C(=O)N[C@@H]3CC[C@H](NCc4ccc(F)cc4F)C3)c3ccccc3n2)cn1. The minimum Gasteiger partial charge on any atom is -0.478 e. The normalized spacial score (nSPS) is 17.2. The molecule has 1 fully saturated rings. The van der Waals surface area contributed by atoms with Crippen molar-refractivity contribution >= 4 is 16.8 Å². The monoisotopic (exact) mass is 502 g/mol. The summed E-state index contributed by atoms with van der Waals surface area (Å²) in [5.41, 5.74) is 3.16. The molecule has 0 bridgehead atoms. The minimum atomic E-state index is -0.588. The van der Waals surface area contributed by atoms with Crippen LogP contribution in [-0.4, -0.2) is 34.6 Å². The molecule has 37 heavy (non-hydrogen) atoms. The Kier molecular flexibility index (Phi) is 7.37. The zero-order valence-corrected chi connectivity index (χ0v) is 20.5. The van der Waals surface area contributed by atoms with Gasteiger partial charge in [-0.1, -0.05) is 24.3 Å². The topological polar surface area (TPSA) is 76.1 Å². The van der Waals surface area contributed by atoms with Crippen LogP contribution in [0.4, 0.5) is 8.78 Å². The first-order chi connectivity index (χ1) is 18.0. The number of carbonyl (C=O) groups is 1. The highest BCUT2D eigenvalue weighted by atomic mass is 19.1. The van der Waals surface area contributed by atoms with Crippen LogP contribution in [0.1, 0.15) is 42.1 Å². The molecule has 2 heterocycles. The summed E-state index contributed by atoms with van der Waals surface area (Å²) in [5.74, 6) is -0.764. The van der Waals surface area contributed by atoms with Crippen molar-refractivity contribution < 1.29 is 18.3 Å². The molecule has 6 nitrogen and oxygen atoms in total. The molecule has 2 aromatic heterocycles. The summed E-state index contributed by atoms with van der Waals surface area (Å²) in [6.07, 6.45) is 4.09. The van der Waals surface area contributed by atoms with E-state index in [1.807, 2.05) is 37.3 Å². The van der Waals surface area contributed by atoms with Crippen molar-refractivity contribution in [2.24, 2.45) is 0 Å². The van der Waals surface area contributed by atoms with Crippen molar-refractivity contribution in [3.8, 4) is 17.1 Å². The van der Waals surface area contributed by atoms with Crippen LogP contribution in [0, 0.1) is 11.6 Å². The fourth-order valence-electron chi connectivity index (χ4n) is 4.76. The highest BCUT2D eigenvalue weighted by Crippen LogP contribution is 2.27. The van der Waals surface area contributed by atoms with Crippen LogP contribution in [0.25, 0.3) is 22.2 Å². The number of amides is 1. The lowest BCUT2D eigenvalue weighted by Crippen LogP contribution is -2.35. The molecule has 1 saturated carbocycles. The van der Waals surface area contributed by atoms with Crippen molar-refractivity contribution in [1.29, 1.82) is 0 Å². The zero-order chi connectivity index (χ0) is 25.8. The van der Waals surface area contributed by atoms with Gasteiger partial charge >= 0.3 is 0 Å². The number of ether oxygens (including phenoxy) is 1. The first-order valence-electron chi connectivity index (χ1n) is 12.5. The van der Waals surface area contributed by atoms with Crippen molar-refractivity contribution in [1.82, 2.24) is 20.6 Å². The Balaban J connectivity index is 1.29. The fraction of sp³-hybridized carbons (Fsp3) is 0.276. The Morgan fingerprint density at radius 2 is 1.89 bits per heavy atom. The van der Waals surface area contributed by atoms with E-state index in [9.17, 15) is 13.6 Å².